The Morgan fingerprint density at radius 2 is 1.90 bits per heavy atom. The number of carboxylic acids is 1. The maximum Gasteiger partial charge on any atom is 0.328 e. The van der Waals surface area contributed by atoms with Crippen LogP contribution in [0.15, 0.2) is 30.3 Å². The van der Waals surface area contributed by atoms with Crippen LogP contribution >= 0.6 is 0 Å². The molecule has 0 bridgehead atoms. The number of aliphatic carboxylic acids is 1. The summed E-state index contributed by atoms with van der Waals surface area (Å²) in [5.41, 5.74) is -0.284. The topological polar surface area (TPSA) is 58.6 Å². The first-order valence-corrected chi connectivity index (χ1v) is 7.79. The van der Waals surface area contributed by atoms with Crippen LogP contribution in [0.2, 0.25) is 0 Å². The van der Waals surface area contributed by atoms with E-state index in [0.717, 1.165) is 24.8 Å². The van der Waals surface area contributed by atoms with Crippen LogP contribution in [0.1, 0.15) is 45.1 Å². The fourth-order valence-electron chi connectivity index (χ4n) is 2.28. The first-order valence-electron chi connectivity index (χ1n) is 7.79. The zero-order valence-electron chi connectivity index (χ0n) is 13.1. The monoisotopic (exact) mass is 293 g/mol. The molecule has 4 heteroatoms. The van der Waals surface area contributed by atoms with Gasteiger partial charge in [-0.3, -0.25) is 5.32 Å². The molecule has 4 nitrogen and oxygen atoms in total. The Bertz CT molecular complexity index is 408. The van der Waals surface area contributed by atoms with Crippen molar-refractivity contribution in [2.45, 2.75) is 45.1 Å². The van der Waals surface area contributed by atoms with Crippen molar-refractivity contribution < 1.29 is 14.6 Å². The summed E-state index contributed by atoms with van der Waals surface area (Å²) in [4.78, 5) is 11.9. The van der Waals surface area contributed by atoms with Gasteiger partial charge in [-0.05, 0) is 24.9 Å². The van der Waals surface area contributed by atoms with Crippen LogP contribution in [0.3, 0.4) is 0 Å². The van der Waals surface area contributed by atoms with E-state index in [1.54, 1.807) is 0 Å². The molecule has 1 rings (SSSR count). The van der Waals surface area contributed by atoms with E-state index < -0.39 is 11.5 Å². The molecule has 0 aliphatic rings. The second-order valence-corrected chi connectivity index (χ2v) is 5.22. The van der Waals surface area contributed by atoms with E-state index in [1.807, 2.05) is 37.3 Å². The molecule has 118 valence electrons. The van der Waals surface area contributed by atoms with Crippen molar-refractivity contribution >= 4 is 5.97 Å². The van der Waals surface area contributed by atoms with Crippen molar-refractivity contribution in [1.29, 1.82) is 0 Å². The van der Waals surface area contributed by atoms with Crippen LogP contribution in [0.25, 0.3) is 0 Å². The molecular weight excluding hydrogens is 266 g/mol. The summed E-state index contributed by atoms with van der Waals surface area (Å²) in [7, 11) is 0. The fourth-order valence-corrected chi connectivity index (χ4v) is 2.28. The normalized spacial score (nSPS) is 13.8. The SMILES string of the molecule is CCCCOCCC(NCCC)(C(=O)O)c1ccccc1. The van der Waals surface area contributed by atoms with Crippen molar-refractivity contribution in [1.82, 2.24) is 5.32 Å². The summed E-state index contributed by atoms with van der Waals surface area (Å²) in [6.45, 7) is 5.93. The number of unbranched alkanes of at least 4 members (excludes halogenated alkanes) is 1. The van der Waals surface area contributed by atoms with E-state index in [2.05, 4.69) is 12.2 Å². The second-order valence-electron chi connectivity index (χ2n) is 5.22. The minimum Gasteiger partial charge on any atom is -0.480 e. The molecule has 0 amide bonds. The van der Waals surface area contributed by atoms with Crippen molar-refractivity contribution in [3.63, 3.8) is 0 Å². The van der Waals surface area contributed by atoms with Gasteiger partial charge < -0.3 is 9.84 Å². The Morgan fingerprint density at radius 1 is 1.19 bits per heavy atom. The van der Waals surface area contributed by atoms with E-state index in [-0.39, 0.29) is 0 Å². The largest absolute Gasteiger partial charge is 0.480 e. The van der Waals surface area contributed by atoms with Gasteiger partial charge in [0.1, 0.15) is 5.54 Å². The van der Waals surface area contributed by atoms with Gasteiger partial charge >= 0.3 is 5.97 Å². The summed E-state index contributed by atoms with van der Waals surface area (Å²) in [6.07, 6.45) is 3.40. The summed E-state index contributed by atoms with van der Waals surface area (Å²) in [5.74, 6) is -0.846. The molecule has 1 atom stereocenters. The zero-order valence-corrected chi connectivity index (χ0v) is 13.1. The van der Waals surface area contributed by atoms with Crippen LogP contribution in [-0.2, 0) is 15.1 Å². The molecule has 0 aromatic heterocycles. The predicted molar refractivity (Wildman–Crippen MR) is 84.4 cm³/mol. The van der Waals surface area contributed by atoms with Crippen molar-refractivity contribution in [2.75, 3.05) is 19.8 Å². The third kappa shape index (κ3) is 5.14. The summed E-state index contributed by atoms with van der Waals surface area (Å²) in [6, 6.07) is 9.37. The molecule has 21 heavy (non-hydrogen) atoms. The number of carboxylic acid groups (broad SMARTS) is 1. The van der Waals surface area contributed by atoms with Gasteiger partial charge in [0, 0.05) is 19.6 Å². The molecule has 0 saturated carbocycles. The quantitative estimate of drug-likeness (QED) is 0.615. The lowest BCUT2D eigenvalue weighted by atomic mass is 9.86. The number of nitrogens with one attached hydrogen (secondary N) is 1. The molecule has 1 aromatic carbocycles. The highest BCUT2D eigenvalue weighted by Gasteiger charge is 2.39. The summed E-state index contributed by atoms with van der Waals surface area (Å²) in [5, 5.41) is 13.0. The lowest BCUT2D eigenvalue weighted by molar-refractivity contribution is -0.146. The molecule has 1 aromatic rings. The first kappa shape index (κ1) is 17.7. The number of rotatable bonds is 11. The lowest BCUT2D eigenvalue weighted by Gasteiger charge is -2.31. The van der Waals surface area contributed by atoms with Crippen LogP contribution in [0.4, 0.5) is 0 Å². The van der Waals surface area contributed by atoms with Gasteiger partial charge in [-0.15, -0.1) is 0 Å². The van der Waals surface area contributed by atoms with E-state index in [1.165, 1.54) is 0 Å². The Balaban J connectivity index is 2.83. The van der Waals surface area contributed by atoms with Gasteiger partial charge in [-0.2, -0.15) is 0 Å². The molecule has 0 aliphatic carbocycles. The first-order chi connectivity index (χ1) is 10.2. The smallest absolute Gasteiger partial charge is 0.328 e. The van der Waals surface area contributed by atoms with Gasteiger partial charge in [0.05, 0.1) is 0 Å². The Kier molecular flexibility index (Phi) is 8.01. The van der Waals surface area contributed by atoms with E-state index in [0.29, 0.717) is 26.2 Å². The molecule has 0 aliphatic heterocycles. The molecule has 0 saturated heterocycles. The Morgan fingerprint density at radius 3 is 2.48 bits per heavy atom. The number of benzene rings is 1. The number of ether oxygens (including phenoxy) is 1. The molecule has 0 radical (unpaired) electrons. The van der Waals surface area contributed by atoms with Gasteiger partial charge in [-0.1, -0.05) is 50.6 Å². The highest BCUT2D eigenvalue weighted by molar-refractivity contribution is 5.80. The molecule has 1 unspecified atom stereocenters. The highest BCUT2D eigenvalue weighted by atomic mass is 16.5. The molecule has 0 spiro atoms. The van der Waals surface area contributed by atoms with Crippen molar-refractivity contribution in [2.24, 2.45) is 0 Å². The lowest BCUT2D eigenvalue weighted by Crippen LogP contribution is -2.50. The Hall–Kier alpha value is -1.39. The van der Waals surface area contributed by atoms with Gasteiger partial charge in [0.15, 0.2) is 0 Å². The maximum absolute atomic E-state index is 11.9. The van der Waals surface area contributed by atoms with E-state index in [9.17, 15) is 9.90 Å². The van der Waals surface area contributed by atoms with Gasteiger partial charge in [0.25, 0.3) is 0 Å². The molecular formula is C17H27NO3. The fraction of sp³-hybridized carbons (Fsp3) is 0.588. The number of carbonyl (C=O) groups is 1. The minimum atomic E-state index is -1.07. The van der Waals surface area contributed by atoms with Gasteiger partial charge in [0.2, 0.25) is 0 Å². The molecule has 0 heterocycles. The van der Waals surface area contributed by atoms with Crippen LogP contribution in [-0.4, -0.2) is 30.8 Å². The van der Waals surface area contributed by atoms with Crippen molar-refractivity contribution in [3.05, 3.63) is 35.9 Å². The zero-order chi connectivity index (χ0) is 15.6. The average molecular weight is 293 g/mol. The molecule has 0 fully saturated rings. The van der Waals surface area contributed by atoms with Crippen LogP contribution in [0, 0.1) is 0 Å². The predicted octanol–water partition coefficient (Wildman–Crippen LogP) is 3.17. The van der Waals surface area contributed by atoms with Gasteiger partial charge in [-0.25, -0.2) is 4.79 Å². The third-order valence-electron chi connectivity index (χ3n) is 3.57. The standard InChI is InChI=1S/C17H27NO3/c1-3-5-13-21-14-11-17(16(19)20,18-12-4-2)15-9-7-6-8-10-15/h6-10,18H,3-5,11-14H2,1-2H3,(H,19,20). The van der Waals surface area contributed by atoms with Crippen LogP contribution < -0.4 is 5.32 Å². The number of hydrogen-bond donors (Lipinski definition) is 2. The third-order valence-corrected chi connectivity index (χ3v) is 3.57. The van der Waals surface area contributed by atoms with E-state index >= 15 is 0 Å². The van der Waals surface area contributed by atoms with Crippen molar-refractivity contribution in [3.8, 4) is 0 Å². The minimum absolute atomic E-state index is 0.427. The number of hydrogen-bond acceptors (Lipinski definition) is 3. The summed E-state index contributed by atoms with van der Waals surface area (Å²) < 4.78 is 5.58. The second kappa shape index (κ2) is 9.53. The average Bonchev–Trinajstić information content (AvgIpc) is 2.51. The van der Waals surface area contributed by atoms with Crippen LogP contribution in [0.5, 0.6) is 0 Å². The molecule has 2 N–H and O–H groups in total. The highest BCUT2D eigenvalue weighted by Crippen LogP contribution is 2.26. The summed E-state index contributed by atoms with van der Waals surface area (Å²) >= 11 is 0. The Labute approximate surface area is 127 Å². The van der Waals surface area contributed by atoms with E-state index in [4.69, 9.17) is 4.74 Å². The maximum atomic E-state index is 11.9.